The van der Waals surface area contributed by atoms with Gasteiger partial charge in [-0.2, -0.15) is 0 Å². The molecule has 2 amide bonds. The minimum atomic E-state index is -4.25. The molecule has 0 aliphatic heterocycles. The van der Waals surface area contributed by atoms with Crippen molar-refractivity contribution < 1.29 is 18.0 Å². The zero-order chi connectivity index (χ0) is 30.4. The summed E-state index contributed by atoms with van der Waals surface area (Å²) in [6, 6.07) is 17.6. The SMILES string of the molecule is Cc1ccc(S(=O)(=O)N(CC(=O)N(Cc2ccc(Br)cc2)[C@H](C)C(=O)NC2CCCCC2)c2cccc(Cl)c2Cl)cc1. The number of amides is 2. The Hall–Kier alpha value is -2.59. The van der Waals surface area contributed by atoms with Gasteiger partial charge in [0.1, 0.15) is 12.6 Å². The summed E-state index contributed by atoms with van der Waals surface area (Å²) in [5.74, 6) is -0.836. The number of rotatable bonds is 10. The lowest BCUT2D eigenvalue weighted by atomic mass is 9.95. The van der Waals surface area contributed by atoms with Gasteiger partial charge >= 0.3 is 0 Å². The fourth-order valence-corrected chi connectivity index (χ4v) is 7.11. The molecule has 0 unspecified atom stereocenters. The lowest BCUT2D eigenvalue weighted by molar-refractivity contribution is -0.139. The van der Waals surface area contributed by atoms with Crippen LogP contribution in [0.15, 0.2) is 76.1 Å². The molecule has 0 radical (unpaired) electrons. The average Bonchev–Trinajstić information content (AvgIpc) is 2.97. The van der Waals surface area contributed by atoms with Crippen molar-refractivity contribution in [3.63, 3.8) is 0 Å². The second-order valence-electron chi connectivity index (χ2n) is 10.6. The zero-order valence-corrected chi connectivity index (χ0v) is 27.4. The van der Waals surface area contributed by atoms with E-state index in [1.807, 2.05) is 31.2 Å². The lowest BCUT2D eigenvalue weighted by Gasteiger charge is -2.33. The van der Waals surface area contributed by atoms with E-state index < -0.39 is 28.5 Å². The number of carbonyl (C=O) groups excluding carboxylic acids is 2. The standard InChI is InChI=1S/C31H34BrCl2N3O4S/c1-21-11-17-26(18-12-21)42(40,41)37(28-10-6-9-27(33)30(28)34)20-29(38)36(19-23-13-15-24(32)16-14-23)22(2)31(39)35-25-7-4-3-5-8-25/h6,9-18,22,25H,3-5,7-8,19-20H2,1-2H3,(H,35,39)/t22-/m1/s1. The Morgan fingerprint density at radius 3 is 2.26 bits per heavy atom. The number of halogens is 3. The molecule has 1 atom stereocenters. The third-order valence-electron chi connectivity index (χ3n) is 7.47. The Bertz CT molecular complexity index is 1510. The van der Waals surface area contributed by atoms with E-state index in [9.17, 15) is 18.0 Å². The van der Waals surface area contributed by atoms with E-state index in [0.717, 1.165) is 52.0 Å². The third kappa shape index (κ3) is 7.86. The molecule has 224 valence electrons. The average molecular weight is 696 g/mol. The Morgan fingerprint density at radius 2 is 1.62 bits per heavy atom. The van der Waals surface area contributed by atoms with Gasteiger partial charge in [-0.05, 0) is 68.7 Å². The molecule has 7 nitrogen and oxygen atoms in total. The zero-order valence-electron chi connectivity index (χ0n) is 23.5. The molecule has 0 spiro atoms. The first-order valence-electron chi connectivity index (χ1n) is 13.8. The minimum absolute atomic E-state index is 0.000471. The van der Waals surface area contributed by atoms with Gasteiger partial charge in [-0.1, -0.05) is 94.3 Å². The number of aryl methyl sites for hydroxylation is 1. The predicted octanol–water partition coefficient (Wildman–Crippen LogP) is 7.13. The van der Waals surface area contributed by atoms with Crippen molar-refractivity contribution in [1.29, 1.82) is 0 Å². The molecule has 1 aliphatic rings. The summed E-state index contributed by atoms with van der Waals surface area (Å²) in [4.78, 5) is 29.0. The highest BCUT2D eigenvalue weighted by molar-refractivity contribution is 9.10. The Balaban J connectivity index is 1.70. The smallest absolute Gasteiger partial charge is 0.264 e. The summed E-state index contributed by atoms with van der Waals surface area (Å²) in [6.45, 7) is 3.03. The molecular formula is C31H34BrCl2N3O4S. The summed E-state index contributed by atoms with van der Waals surface area (Å²) >= 11 is 16.2. The van der Waals surface area contributed by atoms with Crippen molar-refractivity contribution in [2.45, 2.75) is 69.5 Å². The van der Waals surface area contributed by atoms with Gasteiger partial charge in [0.25, 0.3) is 10.0 Å². The summed E-state index contributed by atoms with van der Waals surface area (Å²) in [5, 5.41) is 3.26. The maximum atomic E-state index is 14.1. The van der Waals surface area contributed by atoms with Crippen LogP contribution in [0, 0.1) is 6.92 Å². The van der Waals surface area contributed by atoms with Gasteiger partial charge in [-0.15, -0.1) is 0 Å². The van der Waals surface area contributed by atoms with E-state index in [4.69, 9.17) is 23.2 Å². The summed E-state index contributed by atoms with van der Waals surface area (Å²) < 4.78 is 29.8. The van der Waals surface area contributed by atoms with Crippen LogP contribution in [0.4, 0.5) is 5.69 Å². The van der Waals surface area contributed by atoms with Gasteiger partial charge < -0.3 is 10.2 Å². The van der Waals surface area contributed by atoms with Crippen molar-refractivity contribution in [2.75, 3.05) is 10.8 Å². The molecule has 3 aromatic carbocycles. The largest absolute Gasteiger partial charge is 0.352 e. The highest BCUT2D eigenvalue weighted by Crippen LogP contribution is 2.35. The fourth-order valence-electron chi connectivity index (χ4n) is 4.97. The van der Waals surface area contributed by atoms with Crippen molar-refractivity contribution >= 4 is 66.7 Å². The molecule has 4 rings (SSSR count). The molecule has 3 aromatic rings. The van der Waals surface area contributed by atoms with Gasteiger partial charge in [0, 0.05) is 17.1 Å². The van der Waals surface area contributed by atoms with E-state index in [1.54, 1.807) is 31.2 Å². The number of carbonyl (C=O) groups is 2. The first-order chi connectivity index (χ1) is 20.0. The first kappa shape index (κ1) is 32.3. The Labute approximate surface area is 266 Å². The third-order valence-corrected chi connectivity index (χ3v) is 10.6. The lowest BCUT2D eigenvalue weighted by Crippen LogP contribution is -2.53. The van der Waals surface area contributed by atoms with Crippen LogP contribution in [0.5, 0.6) is 0 Å². The number of hydrogen-bond acceptors (Lipinski definition) is 4. The number of benzene rings is 3. The maximum Gasteiger partial charge on any atom is 0.264 e. The molecule has 0 saturated heterocycles. The van der Waals surface area contributed by atoms with Crippen LogP contribution >= 0.6 is 39.1 Å². The number of hydrogen-bond donors (Lipinski definition) is 1. The van der Waals surface area contributed by atoms with Crippen molar-refractivity contribution in [1.82, 2.24) is 10.2 Å². The molecule has 1 aliphatic carbocycles. The van der Waals surface area contributed by atoms with E-state index in [2.05, 4.69) is 21.2 Å². The quantitative estimate of drug-likeness (QED) is 0.245. The van der Waals surface area contributed by atoms with Crippen LogP contribution < -0.4 is 9.62 Å². The molecule has 0 heterocycles. The van der Waals surface area contributed by atoms with Crippen molar-refractivity contribution in [3.05, 3.63) is 92.4 Å². The van der Waals surface area contributed by atoms with Crippen LogP contribution in [0.1, 0.15) is 50.2 Å². The van der Waals surface area contributed by atoms with Crippen LogP contribution in [-0.4, -0.2) is 43.8 Å². The number of anilines is 1. The number of nitrogens with one attached hydrogen (secondary N) is 1. The minimum Gasteiger partial charge on any atom is -0.352 e. The van der Waals surface area contributed by atoms with Crippen LogP contribution in [0.2, 0.25) is 10.0 Å². The van der Waals surface area contributed by atoms with E-state index in [1.165, 1.54) is 23.1 Å². The number of sulfonamides is 1. The molecule has 1 fully saturated rings. The summed E-state index contributed by atoms with van der Waals surface area (Å²) in [5.41, 5.74) is 1.74. The molecule has 1 saturated carbocycles. The van der Waals surface area contributed by atoms with Crippen molar-refractivity contribution in [2.24, 2.45) is 0 Å². The van der Waals surface area contributed by atoms with E-state index in [0.29, 0.717) is 0 Å². The number of nitrogens with zero attached hydrogens (tertiary/aromatic N) is 2. The van der Waals surface area contributed by atoms with E-state index in [-0.39, 0.29) is 39.1 Å². The molecule has 0 aromatic heterocycles. The summed E-state index contributed by atoms with van der Waals surface area (Å²) in [6.07, 6.45) is 5.04. The molecular weight excluding hydrogens is 661 g/mol. The Kier molecular flexibility index (Phi) is 11.0. The normalized spacial score (nSPS) is 14.7. The van der Waals surface area contributed by atoms with Crippen LogP contribution in [0.3, 0.4) is 0 Å². The predicted molar refractivity (Wildman–Crippen MR) is 171 cm³/mol. The van der Waals surface area contributed by atoms with Gasteiger partial charge in [0.2, 0.25) is 11.8 Å². The van der Waals surface area contributed by atoms with Gasteiger partial charge in [0.05, 0.1) is 20.6 Å². The fraction of sp³-hybridized carbons (Fsp3) is 0.355. The monoisotopic (exact) mass is 693 g/mol. The molecule has 0 bridgehead atoms. The second kappa shape index (κ2) is 14.3. The molecule has 1 N–H and O–H groups in total. The van der Waals surface area contributed by atoms with E-state index >= 15 is 0 Å². The second-order valence-corrected chi connectivity index (χ2v) is 14.1. The van der Waals surface area contributed by atoms with Crippen LogP contribution in [-0.2, 0) is 26.2 Å². The first-order valence-corrected chi connectivity index (χ1v) is 16.8. The summed E-state index contributed by atoms with van der Waals surface area (Å²) in [7, 11) is -4.25. The highest BCUT2D eigenvalue weighted by Gasteiger charge is 2.34. The molecule has 42 heavy (non-hydrogen) atoms. The van der Waals surface area contributed by atoms with Crippen molar-refractivity contribution in [3.8, 4) is 0 Å². The maximum absolute atomic E-state index is 14.1. The molecule has 11 heteroatoms. The van der Waals surface area contributed by atoms with Crippen LogP contribution in [0.25, 0.3) is 0 Å². The topological polar surface area (TPSA) is 86.8 Å². The van der Waals surface area contributed by atoms with Gasteiger partial charge in [0.15, 0.2) is 0 Å². The Morgan fingerprint density at radius 1 is 0.976 bits per heavy atom. The van der Waals surface area contributed by atoms with Gasteiger partial charge in [-0.3, -0.25) is 13.9 Å². The highest BCUT2D eigenvalue weighted by atomic mass is 79.9. The van der Waals surface area contributed by atoms with Gasteiger partial charge in [-0.25, -0.2) is 8.42 Å².